The van der Waals surface area contributed by atoms with Crippen molar-refractivity contribution in [3.63, 3.8) is 0 Å². The summed E-state index contributed by atoms with van der Waals surface area (Å²) < 4.78 is 16.2. The molecular weight excluding hydrogens is 531 g/mol. The predicted molar refractivity (Wildman–Crippen MR) is 144 cm³/mol. The molecule has 2 aromatic rings. The van der Waals surface area contributed by atoms with E-state index >= 15 is 0 Å². The van der Waals surface area contributed by atoms with E-state index in [2.05, 4.69) is 52.8 Å². The molecular formula is C25H37IN4O3. The molecule has 0 spiro atoms. The molecule has 0 unspecified atom stereocenters. The number of morpholine rings is 1. The molecule has 0 bridgehead atoms. The first-order valence-electron chi connectivity index (χ1n) is 11.3. The van der Waals surface area contributed by atoms with E-state index in [0.717, 1.165) is 69.8 Å². The number of guanidine groups is 1. The zero-order valence-corrected chi connectivity index (χ0v) is 22.3. The number of nitrogens with one attached hydrogen (secondary N) is 2. The second kappa shape index (κ2) is 15.0. The summed E-state index contributed by atoms with van der Waals surface area (Å²) in [5.41, 5.74) is 3.78. The van der Waals surface area contributed by atoms with Gasteiger partial charge in [0.1, 0.15) is 0 Å². The number of rotatable bonds is 10. The zero-order chi connectivity index (χ0) is 22.6. The van der Waals surface area contributed by atoms with E-state index in [1.165, 1.54) is 16.7 Å². The van der Waals surface area contributed by atoms with Gasteiger partial charge in [-0.2, -0.15) is 0 Å². The number of aliphatic imine (C=N–C) groups is 1. The maximum Gasteiger partial charge on any atom is 0.191 e. The Morgan fingerprint density at radius 3 is 2.42 bits per heavy atom. The highest BCUT2D eigenvalue weighted by molar-refractivity contribution is 14.0. The minimum absolute atomic E-state index is 0. The van der Waals surface area contributed by atoms with Crippen molar-refractivity contribution in [2.45, 2.75) is 26.4 Å². The van der Waals surface area contributed by atoms with Crippen LogP contribution in [-0.2, 0) is 24.2 Å². The first-order chi connectivity index (χ1) is 15.7. The van der Waals surface area contributed by atoms with E-state index in [0.29, 0.717) is 6.54 Å². The average Bonchev–Trinajstić information content (AvgIpc) is 2.84. The SMILES string of the molecule is CCNC(=NCc1ccccc1CN1CCOCC1)NCCc1ccc(OC)c(OC)c1.I. The fraction of sp³-hybridized carbons (Fsp3) is 0.480. The van der Waals surface area contributed by atoms with Gasteiger partial charge < -0.3 is 24.8 Å². The van der Waals surface area contributed by atoms with Crippen molar-refractivity contribution < 1.29 is 14.2 Å². The lowest BCUT2D eigenvalue weighted by Crippen LogP contribution is -2.38. The van der Waals surface area contributed by atoms with Gasteiger partial charge in [0, 0.05) is 32.7 Å². The van der Waals surface area contributed by atoms with Crippen LogP contribution in [0.2, 0.25) is 0 Å². The van der Waals surface area contributed by atoms with Crippen molar-refractivity contribution in [1.29, 1.82) is 0 Å². The molecule has 3 rings (SSSR count). The zero-order valence-electron chi connectivity index (χ0n) is 19.9. The minimum Gasteiger partial charge on any atom is -0.493 e. The van der Waals surface area contributed by atoms with E-state index in [-0.39, 0.29) is 24.0 Å². The van der Waals surface area contributed by atoms with Crippen molar-refractivity contribution in [3.8, 4) is 11.5 Å². The predicted octanol–water partition coefficient (Wildman–Crippen LogP) is 3.45. The molecule has 1 saturated heterocycles. The van der Waals surface area contributed by atoms with Gasteiger partial charge in [0.2, 0.25) is 0 Å². The summed E-state index contributed by atoms with van der Waals surface area (Å²) in [6.07, 6.45) is 0.860. The number of benzene rings is 2. The van der Waals surface area contributed by atoms with E-state index in [4.69, 9.17) is 19.2 Å². The Kier molecular flexibility index (Phi) is 12.3. The molecule has 2 N–H and O–H groups in total. The van der Waals surface area contributed by atoms with Crippen LogP contribution in [0.5, 0.6) is 11.5 Å². The van der Waals surface area contributed by atoms with E-state index in [1.807, 2.05) is 12.1 Å². The molecule has 182 valence electrons. The lowest BCUT2D eigenvalue weighted by molar-refractivity contribution is 0.0341. The van der Waals surface area contributed by atoms with Crippen LogP contribution >= 0.6 is 24.0 Å². The van der Waals surface area contributed by atoms with Crippen LogP contribution in [0.15, 0.2) is 47.5 Å². The average molecular weight is 569 g/mol. The smallest absolute Gasteiger partial charge is 0.191 e. The Bertz CT molecular complexity index is 872. The molecule has 0 radical (unpaired) electrons. The lowest BCUT2D eigenvalue weighted by Gasteiger charge is -2.27. The molecule has 33 heavy (non-hydrogen) atoms. The first-order valence-corrected chi connectivity index (χ1v) is 11.3. The fourth-order valence-electron chi connectivity index (χ4n) is 3.73. The number of methoxy groups -OCH3 is 2. The normalized spacial score (nSPS) is 14.3. The van der Waals surface area contributed by atoms with Gasteiger partial charge in [-0.1, -0.05) is 30.3 Å². The molecule has 0 saturated carbocycles. The number of hydrogen-bond acceptors (Lipinski definition) is 5. The molecule has 0 atom stereocenters. The van der Waals surface area contributed by atoms with E-state index in [9.17, 15) is 0 Å². The molecule has 1 fully saturated rings. The second-order valence-electron chi connectivity index (χ2n) is 7.72. The lowest BCUT2D eigenvalue weighted by atomic mass is 10.1. The van der Waals surface area contributed by atoms with Gasteiger partial charge in [-0.05, 0) is 42.2 Å². The summed E-state index contributed by atoms with van der Waals surface area (Å²) in [5, 5.41) is 6.79. The molecule has 1 heterocycles. The molecule has 1 aliphatic heterocycles. The highest BCUT2D eigenvalue weighted by Crippen LogP contribution is 2.27. The summed E-state index contributed by atoms with van der Waals surface area (Å²) in [6, 6.07) is 14.6. The number of ether oxygens (including phenoxy) is 3. The van der Waals surface area contributed by atoms with Crippen LogP contribution < -0.4 is 20.1 Å². The van der Waals surface area contributed by atoms with Crippen LogP contribution in [0.1, 0.15) is 23.6 Å². The first kappa shape index (κ1) is 27.2. The summed E-state index contributed by atoms with van der Waals surface area (Å²) in [4.78, 5) is 7.28. The minimum atomic E-state index is 0. The topological polar surface area (TPSA) is 67.4 Å². The Labute approximate surface area is 214 Å². The second-order valence-corrected chi connectivity index (χ2v) is 7.72. The molecule has 8 heteroatoms. The summed E-state index contributed by atoms with van der Waals surface area (Å²) in [6.45, 7) is 8.86. The number of hydrogen-bond donors (Lipinski definition) is 2. The molecule has 7 nitrogen and oxygen atoms in total. The van der Waals surface area contributed by atoms with E-state index in [1.54, 1.807) is 14.2 Å². The van der Waals surface area contributed by atoms with Crippen molar-refractivity contribution in [2.75, 3.05) is 53.6 Å². The molecule has 0 aliphatic carbocycles. The molecule has 0 aromatic heterocycles. The standard InChI is InChI=1S/C25H36N4O3.HI/c1-4-26-25(27-12-11-20-9-10-23(30-2)24(17-20)31-3)28-18-21-7-5-6-8-22(21)19-29-13-15-32-16-14-29;/h5-10,17H,4,11-16,18-19H2,1-3H3,(H2,26,27,28);1H. The van der Waals surface area contributed by atoms with Crippen LogP contribution in [0, 0.1) is 0 Å². The molecule has 1 aliphatic rings. The van der Waals surface area contributed by atoms with Crippen LogP contribution in [0.25, 0.3) is 0 Å². The van der Waals surface area contributed by atoms with Crippen molar-refractivity contribution in [3.05, 3.63) is 59.2 Å². The summed E-state index contributed by atoms with van der Waals surface area (Å²) in [5.74, 6) is 2.33. The van der Waals surface area contributed by atoms with Crippen molar-refractivity contribution in [1.82, 2.24) is 15.5 Å². The number of nitrogens with zero attached hydrogens (tertiary/aromatic N) is 2. The van der Waals surface area contributed by atoms with Crippen LogP contribution in [0.4, 0.5) is 0 Å². The Hall–Kier alpha value is -2.04. The molecule has 0 amide bonds. The van der Waals surface area contributed by atoms with Crippen LogP contribution in [-0.4, -0.2) is 64.5 Å². The highest BCUT2D eigenvalue weighted by Gasteiger charge is 2.12. The Morgan fingerprint density at radius 1 is 1.00 bits per heavy atom. The largest absolute Gasteiger partial charge is 0.493 e. The maximum atomic E-state index is 5.47. The highest BCUT2D eigenvalue weighted by atomic mass is 127. The van der Waals surface area contributed by atoms with Gasteiger partial charge in [-0.15, -0.1) is 24.0 Å². The summed E-state index contributed by atoms with van der Waals surface area (Å²) >= 11 is 0. The third-order valence-corrected chi connectivity index (χ3v) is 5.52. The quantitative estimate of drug-likeness (QED) is 0.260. The van der Waals surface area contributed by atoms with Gasteiger partial charge in [-0.25, -0.2) is 4.99 Å². The van der Waals surface area contributed by atoms with Gasteiger partial charge in [0.05, 0.1) is 34.0 Å². The molecule has 2 aromatic carbocycles. The number of halogens is 1. The maximum absolute atomic E-state index is 5.47. The summed E-state index contributed by atoms with van der Waals surface area (Å²) in [7, 11) is 3.31. The third kappa shape index (κ3) is 8.68. The van der Waals surface area contributed by atoms with E-state index < -0.39 is 0 Å². The fourth-order valence-corrected chi connectivity index (χ4v) is 3.73. The Balaban J connectivity index is 0.00000385. The van der Waals surface area contributed by atoms with Crippen molar-refractivity contribution in [2.24, 2.45) is 4.99 Å². The third-order valence-electron chi connectivity index (χ3n) is 5.52. The van der Waals surface area contributed by atoms with Crippen molar-refractivity contribution >= 4 is 29.9 Å². The Morgan fingerprint density at radius 2 is 1.73 bits per heavy atom. The van der Waals surface area contributed by atoms with Crippen LogP contribution in [0.3, 0.4) is 0 Å². The van der Waals surface area contributed by atoms with Gasteiger partial charge in [0.25, 0.3) is 0 Å². The van der Waals surface area contributed by atoms with Gasteiger partial charge in [0.15, 0.2) is 17.5 Å². The van der Waals surface area contributed by atoms with Gasteiger partial charge >= 0.3 is 0 Å². The monoisotopic (exact) mass is 568 g/mol. The van der Waals surface area contributed by atoms with Gasteiger partial charge in [-0.3, -0.25) is 4.90 Å².